The van der Waals surface area contributed by atoms with Crippen LogP contribution in [-0.4, -0.2) is 9.97 Å². The Bertz CT molecular complexity index is 966. The van der Waals surface area contributed by atoms with Gasteiger partial charge in [-0.2, -0.15) is 0 Å². The van der Waals surface area contributed by atoms with Gasteiger partial charge in [-0.25, -0.2) is 4.39 Å². The maximum atomic E-state index is 13.8. The molecule has 2 nitrogen and oxygen atoms in total. The van der Waals surface area contributed by atoms with Crippen molar-refractivity contribution in [3.05, 3.63) is 76.5 Å². The van der Waals surface area contributed by atoms with Crippen LogP contribution < -0.4 is 0 Å². The zero-order valence-corrected chi connectivity index (χ0v) is 16.7. The molecule has 1 unspecified atom stereocenters. The van der Waals surface area contributed by atoms with Crippen LogP contribution in [0.1, 0.15) is 38.4 Å². The number of hydrogen-bond acceptors (Lipinski definition) is 2. The van der Waals surface area contributed by atoms with Gasteiger partial charge in [0.1, 0.15) is 11.3 Å². The van der Waals surface area contributed by atoms with E-state index in [0.717, 1.165) is 29.5 Å². The first-order chi connectivity index (χ1) is 12.9. The predicted molar refractivity (Wildman–Crippen MR) is 111 cm³/mol. The number of pyridine rings is 2. The minimum absolute atomic E-state index is 0.290. The number of halogens is 2. The van der Waals surface area contributed by atoms with Crippen LogP contribution in [0, 0.1) is 17.7 Å². The van der Waals surface area contributed by atoms with Gasteiger partial charge in [0.05, 0.1) is 10.7 Å². The largest absolute Gasteiger partial charge is 0.260 e. The van der Waals surface area contributed by atoms with E-state index in [1.807, 2.05) is 24.3 Å². The van der Waals surface area contributed by atoms with Crippen molar-refractivity contribution < 1.29 is 4.39 Å². The third-order valence-corrected chi connectivity index (χ3v) is 5.10. The van der Waals surface area contributed by atoms with E-state index in [0.29, 0.717) is 22.4 Å². The van der Waals surface area contributed by atoms with E-state index in [9.17, 15) is 4.39 Å². The van der Waals surface area contributed by atoms with E-state index in [4.69, 9.17) is 11.6 Å². The second kappa shape index (κ2) is 8.62. The number of allylic oxidation sites excluding steroid dienone is 1. The Hall–Kier alpha value is -2.26. The Kier molecular flexibility index (Phi) is 6.22. The molecule has 2 aromatic heterocycles. The quantitative estimate of drug-likeness (QED) is 0.472. The van der Waals surface area contributed by atoms with Gasteiger partial charge < -0.3 is 0 Å². The fourth-order valence-corrected chi connectivity index (χ4v) is 3.60. The molecule has 0 spiro atoms. The predicted octanol–water partition coefficient (Wildman–Crippen LogP) is 6.73. The number of benzene rings is 1. The van der Waals surface area contributed by atoms with Crippen molar-refractivity contribution in [2.75, 3.05) is 0 Å². The normalized spacial score (nSPS) is 13.3. The highest BCUT2D eigenvalue weighted by Gasteiger charge is 2.16. The molecule has 0 N–H and O–H groups in total. The molecule has 1 atom stereocenters. The van der Waals surface area contributed by atoms with Crippen LogP contribution >= 0.6 is 11.6 Å². The van der Waals surface area contributed by atoms with Crippen LogP contribution in [0.5, 0.6) is 0 Å². The van der Waals surface area contributed by atoms with Gasteiger partial charge in [0, 0.05) is 17.8 Å². The zero-order valence-electron chi connectivity index (χ0n) is 15.9. The molecule has 1 aromatic carbocycles. The Morgan fingerprint density at radius 1 is 1.19 bits per heavy atom. The highest BCUT2D eigenvalue weighted by atomic mass is 35.5. The molecule has 0 saturated carbocycles. The minimum Gasteiger partial charge on any atom is -0.260 e. The highest BCUT2D eigenvalue weighted by molar-refractivity contribution is 6.31. The summed E-state index contributed by atoms with van der Waals surface area (Å²) >= 11 is 6.32. The van der Waals surface area contributed by atoms with Gasteiger partial charge >= 0.3 is 0 Å². The summed E-state index contributed by atoms with van der Waals surface area (Å²) in [6.45, 7) is 6.58. The number of para-hydroxylation sites is 1. The first-order valence-corrected chi connectivity index (χ1v) is 9.63. The number of hydrogen-bond donors (Lipinski definition) is 0. The fraction of sp³-hybridized carbons (Fsp3) is 0.304. The monoisotopic (exact) mass is 382 g/mol. The van der Waals surface area contributed by atoms with Crippen LogP contribution in [0.2, 0.25) is 5.02 Å². The lowest BCUT2D eigenvalue weighted by atomic mass is 9.86. The molecule has 0 aliphatic heterocycles. The van der Waals surface area contributed by atoms with Crippen molar-refractivity contribution in [2.45, 2.75) is 33.6 Å². The zero-order chi connectivity index (χ0) is 19.4. The molecular weight excluding hydrogens is 359 g/mol. The van der Waals surface area contributed by atoms with Crippen LogP contribution in [0.15, 0.2) is 54.4 Å². The molecule has 0 radical (unpaired) electrons. The molecule has 0 amide bonds. The van der Waals surface area contributed by atoms with E-state index in [2.05, 4.69) is 36.8 Å². The topological polar surface area (TPSA) is 25.8 Å². The first-order valence-electron chi connectivity index (χ1n) is 9.26. The van der Waals surface area contributed by atoms with Crippen molar-refractivity contribution in [3.63, 3.8) is 0 Å². The molecule has 2 heterocycles. The van der Waals surface area contributed by atoms with E-state index in [-0.39, 0.29) is 5.82 Å². The molecule has 27 heavy (non-hydrogen) atoms. The summed E-state index contributed by atoms with van der Waals surface area (Å²) in [5, 5.41) is 1.52. The Labute approximate surface area is 165 Å². The molecule has 0 aliphatic rings. The van der Waals surface area contributed by atoms with Crippen molar-refractivity contribution in [3.8, 4) is 0 Å². The molecule has 0 bridgehead atoms. The highest BCUT2D eigenvalue weighted by Crippen LogP contribution is 2.28. The Morgan fingerprint density at radius 2 is 2.00 bits per heavy atom. The molecule has 0 aliphatic carbocycles. The van der Waals surface area contributed by atoms with Gasteiger partial charge in [0.25, 0.3) is 0 Å². The van der Waals surface area contributed by atoms with Crippen molar-refractivity contribution >= 4 is 28.6 Å². The molecule has 140 valence electrons. The standard InChI is InChI=1S/C23H24ClFN2/c1-15(2)10-19(13-22-20(24)7-5-9-26-22)16(3)11-17-12-18-6-4-8-21(25)23(18)27-14-17/h4-9,11-12,14-15,19H,10,13H2,1-3H3/b16-11+. The number of aromatic nitrogens is 2. The van der Waals surface area contributed by atoms with Crippen LogP contribution in [0.25, 0.3) is 17.0 Å². The van der Waals surface area contributed by atoms with E-state index < -0.39 is 0 Å². The first kappa shape index (κ1) is 19.5. The maximum absolute atomic E-state index is 13.8. The fourth-order valence-electron chi connectivity index (χ4n) is 3.40. The summed E-state index contributed by atoms with van der Waals surface area (Å²) in [6, 6.07) is 10.8. The molecule has 0 saturated heterocycles. The average Bonchev–Trinajstić information content (AvgIpc) is 2.62. The summed E-state index contributed by atoms with van der Waals surface area (Å²) in [5.41, 5.74) is 3.57. The van der Waals surface area contributed by atoms with Gasteiger partial charge in [0.15, 0.2) is 0 Å². The molecular formula is C23H24ClFN2. The lowest BCUT2D eigenvalue weighted by Gasteiger charge is -2.20. The van der Waals surface area contributed by atoms with Crippen molar-refractivity contribution in [1.29, 1.82) is 0 Å². The SMILES string of the molecule is C/C(=C\c1cnc2c(F)cccc2c1)C(Cc1ncccc1Cl)CC(C)C. The van der Waals surface area contributed by atoms with E-state index >= 15 is 0 Å². The summed E-state index contributed by atoms with van der Waals surface area (Å²) in [6.07, 6.45) is 7.51. The van der Waals surface area contributed by atoms with Crippen LogP contribution in [0.3, 0.4) is 0 Å². The third kappa shape index (κ3) is 4.92. The van der Waals surface area contributed by atoms with E-state index in [1.54, 1.807) is 18.5 Å². The lowest BCUT2D eigenvalue weighted by molar-refractivity contribution is 0.454. The smallest absolute Gasteiger partial charge is 0.149 e. The number of rotatable bonds is 6. The Morgan fingerprint density at radius 3 is 2.74 bits per heavy atom. The number of nitrogens with zero attached hydrogens (tertiary/aromatic N) is 2. The van der Waals surface area contributed by atoms with Crippen LogP contribution in [-0.2, 0) is 6.42 Å². The second-order valence-corrected chi connectivity index (χ2v) is 7.84. The minimum atomic E-state index is -0.290. The van der Waals surface area contributed by atoms with Gasteiger partial charge in [0.2, 0.25) is 0 Å². The van der Waals surface area contributed by atoms with Crippen molar-refractivity contribution in [2.24, 2.45) is 11.8 Å². The summed E-state index contributed by atoms with van der Waals surface area (Å²) < 4.78 is 13.8. The third-order valence-electron chi connectivity index (χ3n) is 4.75. The molecule has 0 fully saturated rings. The summed E-state index contributed by atoms with van der Waals surface area (Å²) in [7, 11) is 0. The van der Waals surface area contributed by atoms with Gasteiger partial charge in [-0.1, -0.05) is 49.2 Å². The second-order valence-electron chi connectivity index (χ2n) is 7.43. The van der Waals surface area contributed by atoms with E-state index in [1.165, 1.54) is 11.6 Å². The van der Waals surface area contributed by atoms with Gasteiger partial charge in [-0.3, -0.25) is 9.97 Å². The summed E-state index contributed by atoms with van der Waals surface area (Å²) in [4.78, 5) is 8.75. The molecule has 3 rings (SSSR count). The Balaban J connectivity index is 1.90. The van der Waals surface area contributed by atoms with Gasteiger partial charge in [-0.15, -0.1) is 0 Å². The molecule has 3 aromatic rings. The lowest BCUT2D eigenvalue weighted by Crippen LogP contribution is -2.11. The molecule has 4 heteroatoms. The van der Waals surface area contributed by atoms with Gasteiger partial charge in [-0.05, 0) is 61.4 Å². The maximum Gasteiger partial charge on any atom is 0.149 e. The summed E-state index contributed by atoms with van der Waals surface area (Å²) in [5.74, 6) is 0.604. The number of fused-ring (bicyclic) bond motifs is 1. The average molecular weight is 383 g/mol. The van der Waals surface area contributed by atoms with Crippen molar-refractivity contribution in [1.82, 2.24) is 9.97 Å². The van der Waals surface area contributed by atoms with Crippen LogP contribution in [0.4, 0.5) is 4.39 Å².